The average molecular weight is 389 g/mol. The molecular formula is C16H13F2N7OS. The largest absolute Gasteiger partial charge is 0.414 e. The van der Waals surface area contributed by atoms with Gasteiger partial charge < -0.3 is 10.2 Å². The van der Waals surface area contributed by atoms with Gasteiger partial charge in [0.05, 0.1) is 17.1 Å². The topological polar surface area (TPSA) is 109 Å². The molecule has 8 nitrogen and oxygen atoms in total. The summed E-state index contributed by atoms with van der Waals surface area (Å²) in [6.45, 7) is 1.95. The Bertz CT molecular complexity index is 1060. The first-order valence-electron chi connectivity index (χ1n) is 7.86. The number of nitrogens with zero attached hydrogens (tertiary/aromatic N) is 6. The lowest BCUT2D eigenvalue weighted by Gasteiger charge is -2.08. The highest BCUT2D eigenvalue weighted by molar-refractivity contribution is 7.15. The molecule has 0 aromatic carbocycles. The van der Waals surface area contributed by atoms with Crippen molar-refractivity contribution in [3.63, 3.8) is 0 Å². The molecule has 0 spiro atoms. The molecule has 4 aromatic heterocycles. The number of aromatic nitrogens is 6. The predicted octanol–water partition coefficient (Wildman–Crippen LogP) is 3.58. The van der Waals surface area contributed by atoms with Gasteiger partial charge in [0.25, 0.3) is 11.8 Å². The summed E-state index contributed by atoms with van der Waals surface area (Å²) in [6, 6.07) is 7.01. The number of anilines is 1. The van der Waals surface area contributed by atoms with E-state index >= 15 is 0 Å². The summed E-state index contributed by atoms with van der Waals surface area (Å²) in [4.78, 5) is 5.59. The smallest absolute Gasteiger partial charge is 0.314 e. The summed E-state index contributed by atoms with van der Waals surface area (Å²) in [5.41, 5.74) is 7.07. The molecule has 0 radical (unpaired) electrons. The van der Waals surface area contributed by atoms with E-state index in [-0.39, 0.29) is 11.9 Å². The maximum atomic E-state index is 12.6. The molecule has 0 unspecified atom stereocenters. The molecule has 2 N–H and O–H groups in total. The van der Waals surface area contributed by atoms with Crippen LogP contribution in [0.5, 0.6) is 0 Å². The van der Waals surface area contributed by atoms with Crippen molar-refractivity contribution in [2.75, 3.05) is 5.73 Å². The Morgan fingerprint density at radius 3 is 2.70 bits per heavy atom. The third kappa shape index (κ3) is 3.40. The van der Waals surface area contributed by atoms with Gasteiger partial charge in [-0.3, -0.25) is 0 Å². The van der Waals surface area contributed by atoms with E-state index in [1.165, 1.54) is 11.3 Å². The highest BCUT2D eigenvalue weighted by Crippen LogP contribution is 2.33. The lowest BCUT2D eigenvalue weighted by molar-refractivity contribution is 0.116. The fourth-order valence-electron chi connectivity index (χ4n) is 2.40. The van der Waals surface area contributed by atoms with Gasteiger partial charge in [0.15, 0.2) is 0 Å². The van der Waals surface area contributed by atoms with Crippen LogP contribution in [0.1, 0.15) is 30.2 Å². The molecule has 0 aliphatic carbocycles. The molecule has 0 fully saturated rings. The minimum atomic E-state index is -2.79. The second-order valence-corrected chi connectivity index (χ2v) is 6.80. The lowest BCUT2D eigenvalue weighted by atomic mass is 10.2. The molecule has 4 aromatic rings. The minimum absolute atomic E-state index is 0.0704. The number of hydrogen-bond donors (Lipinski definition) is 1. The van der Waals surface area contributed by atoms with Gasteiger partial charge in [-0.05, 0) is 31.2 Å². The highest BCUT2D eigenvalue weighted by atomic mass is 32.1. The van der Waals surface area contributed by atoms with Gasteiger partial charge in [-0.25, -0.2) is 9.67 Å². The van der Waals surface area contributed by atoms with Crippen LogP contribution in [0.4, 0.5) is 14.6 Å². The number of thiophene rings is 1. The molecule has 0 aliphatic heterocycles. The Hall–Kier alpha value is -3.21. The van der Waals surface area contributed by atoms with E-state index in [1.54, 1.807) is 29.2 Å². The Balaban J connectivity index is 1.55. The van der Waals surface area contributed by atoms with Gasteiger partial charge >= 0.3 is 6.43 Å². The molecule has 0 saturated carbocycles. The van der Waals surface area contributed by atoms with Crippen LogP contribution < -0.4 is 5.73 Å². The first-order chi connectivity index (χ1) is 13.0. The molecule has 27 heavy (non-hydrogen) atoms. The molecule has 11 heteroatoms. The van der Waals surface area contributed by atoms with E-state index in [0.29, 0.717) is 16.4 Å². The quantitative estimate of drug-likeness (QED) is 0.556. The van der Waals surface area contributed by atoms with Crippen LogP contribution in [0, 0.1) is 0 Å². The number of rotatable bonds is 5. The monoisotopic (exact) mass is 389 g/mol. The van der Waals surface area contributed by atoms with Gasteiger partial charge in [0, 0.05) is 16.6 Å². The first-order valence-corrected chi connectivity index (χ1v) is 8.68. The van der Waals surface area contributed by atoms with Crippen molar-refractivity contribution in [1.29, 1.82) is 0 Å². The summed E-state index contributed by atoms with van der Waals surface area (Å²) in [6.07, 6.45) is 0.646. The molecule has 4 rings (SSSR count). The van der Waals surface area contributed by atoms with Crippen LogP contribution in [0.15, 0.2) is 41.1 Å². The van der Waals surface area contributed by atoms with Crippen LogP contribution in [-0.2, 0) is 0 Å². The van der Waals surface area contributed by atoms with Gasteiger partial charge in [0.2, 0.25) is 0 Å². The minimum Gasteiger partial charge on any atom is -0.414 e. The second kappa shape index (κ2) is 6.83. The average Bonchev–Trinajstić information content (AvgIpc) is 3.40. The van der Waals surface area contributed by atoms with E-state index in [9.17, 15) is 8.78 Å². The van der Waals surface area contributed by atoms with Gasteiger partial charge in [-0.15, -0.1) is 26.6 Å². The van der Waals surface area contributed by atoms with Crippen molar-refractivity contribution in [2.45, 2.75) is 19.4 Å². The van der Waals surface area contributed by atoms with E-state index < -0.39 is 12.3 Å². The molecule has 0 saturated heterocycles. The molecular weight excluding hydrogens is 376 g/mol. The third-order valence-corrected chi connectivity index (χ3v) is 5.11. The lowest BCUT2D eigenvalue weighted by Crippen LogP contribution is -2.05. The Labute approximate surface area is 155 Å². The zero-order chi connectivity index (χ0) is 19.0. The maximum Gasteiger partial charge on any atom is 0.314 e. The number of nitrogen functional groups attached to an aromatic ring is 1. The van der Waals surface area contributed by atoms with E-state index in [2.05, 4.69) is 25.5 Å². The van der Waals surface area contributed by atoms with Crippen molar-refractivity contribution in [2.24, 2.45) is 0 Å². The fraction of sp³-hybridized carbons (Fsp3) is 0.188. The summed E-state index contributed by atoms with van der Waals surface area (Å²) in [5, 5.41) is 15.3. The van der Waals surface area contributed by atoms with Gasteiger partial charge in [-0.2, -0.15) is 8.78 Å². The van der Waals surface area contributed by atoms with Crippen molar-refractivity contribution >= 4 is 17.2 Å². The van der Waals surface area contributed by atoms with Crippen LogP contribution in [0.2, 0.25) is 0 Å². The first kappa shape index (κ1) is 17.2. The van der Waals surface area contributed by atoms with Crippen molar-refractivity contribution in [1.82, 2.24) is 30.2 Å². The fourth-order valence-corrected chi connectivity index (χ4v) is 3.37. The molecule has 1 atom stereocenters. The van der Waals surface area contributed by atoms with Crippen molar-refractivity contribution in [3.05, 3.63) is 47.4 Å². The van der Waals surface area contributed by atoms with Gasteiger partial charge in [0.1, 0.15) is 11.5 Å². The zero-order valence-corrected chi connectivity index (χ0v) is 14.8. The number of hydrogen-bond acceptors (Lipinski definition) is 8. The van der Waals surface area contributed by atoms with E-state index in [1.807, 2.05) is 19.1 Å². The SMILES string of the molecule is C[C@@H](c1ccc(-c2nnc(C(F)F)o2)s1)n1cc(-c2ccc(N)nc2)nn1. The Kier molecular flexibility index (Phi) is 4.36. The van der Waals surface area contributed by atoms with Crippen LogP contribution in [-0.4, -0.2) is 30.2 Å². The summed E-state index contributed by atoms with van der Waals surface area (Å²) < 4.78 is 31.9. The number of nitrogens with two attached hydrogens (primary N) is 1. The maximum absolute atomic E-state index is 12.6. The number of halogens is 2. The van der Waals surface area contributed by atoms with Crippen LogP contribution in [0.25, 0.3) is 22.0 Å². The van der Waals surface area contributed by atoms with E-state index in [0.717, 1.165) is 10.4 Å². The Morgan fingerprint density at radius 2 is 2.00 bits per heavy atom. The third-order valence-electron chi connectivity index (χ3n) is 3.87. The highest BCUT2D eigenvalue weighted by Gasteiger charge is 2.20. The molecule has 0 bridgehead atoms. The van der Waals surface area contributed by atoms with Gasteiger partial charge in [-0.1, -0.05) is 5.21 Å². The number of alkyl halides is 2. The summed E-state index contributed by atoms with van der Waals surface area (Å²) in [7, 11) is 0. The second-order valence-electron chi connectivity index (χ2n) is 5.68. The van der Waals surface area contributed by atoms with Crippen molar-refractivity contribution in [3.8, 4) is 22.0 Å². The predicted molar refractivity (Wildman–Crippen MR) is 94.0 cm³/mol. The zero-order valence-electron chi connectivity index (χ0n) is 14.0. The summed E-state index contributed by atoms with van der Waals surface area (Å²) >= 11 is 1.36. The molecule has 138 valence electrons. The normalized spacial score (nSPS) is 12.6. The van der Waals surface area contributed by atoms with Crippen LogP contribution >= 0.6 is 11.3 Å². The Morgan fingerprint density at radius 1 is 1.15 bits per heavy atom. The molecule has 0 amide bonds. The molecule has 4 heterocycles. The standard InChI is InChI=1S/C16H13F2N7OS/c1-8(25-7-10(21-24-25)9-2-5-13(19)20-6-9)11-3-4-12(27-11)15-22-23-16(26-15)14(17)18/h2-8,14H,1H3,(H2,19,20)/t8-/m0/s1. The molecule has 0 aliphatic rings. The van der Waals surface area contributed by atoms with Crippen molar-refractivity contribution < 1.29 is 13.2 Å². The van der Waals surface area contributed by atoms with E-state index in [4.69, 9.17) is 10.2 Å². The number of pyridine rings is 1. The van der Waals surface area contributed by atoms with Crippen LogP contribution in [0.3, 0.4) is 0 Å². The summed E-state index contributed by atoms with van der Waals surface area (Å²) in [5.74, 6) is -0.186.